The molecule has 0 fully saturated rings. The van der Waals surface area contributed by atoms with Crippen LogP contribution in [0.5, 0.6) is 0 Å². The molecule has 6 nitrogen and oxygen atoms in total. The van der Waals surface area contributed by atoms with Crippen LogP contribution in [0.15, 0.2) is 48.9 Å². The van der Waals surface area contributed by atoms with Crippen LogP contribution in [0.25, 0.3) is 11.5 Å². The molecule has 0 aliphatic heterocycles. The van der Waals surface area contributed by atoms with Crippen LogP contribution in [-0.4, -0.2) is 36.5 Å². The van der Waals surface area contributed by atoms with Crippen LogP contribution in [-0.2, 0) is 16.4 Å². The van der Waals surface area contributed by atoms with Crippen molar-refractivity contribution in [2.45, 2.75) is 17.6 Å². The number of benzene rings is 1. The van der Waals surface area contributed by atoms with Crippen LogP contribution < -0.4 is 0 Å². The predicted octanol–water partition coefficient (Wildman–Crippen LogP) is 3.73. The molecule has 0 saturated carbocycles. The van der Waals surface area contributed by atoms with Gasteiger partial charge in [0, 0.05) is 25.6 Å². The van der Waals surface area contributed by atoms with Gasteiger partial charge >= 0.3 is 0 Å². The van der Waals surface area contributed by atoms with E-state index < -0.39 is 10.0 Å². The summed E-state index contributed by atoms with van der Waals surface area (Å²) in [6, 6.07) is 11.1. The Morgan fingerprint density at radius 3 is 2.56 bits per heavy atom. The summed E-state index contributed by atoms with van der Waals surface area (Å²) in [4.78, 5) is 4.34. The monoisotopic (exact) mass is 441 g/mol. The van der Waals surface area contributed by atoms with Gasteiger partial charge in [-0.1, -0.05) is 22.9 Å². The van der Waals surface area contributed by atoms with Crippen molar-refractivity contribution in [2.75, 3.05) is 13.6 Å². The maximum absolute atomic E-state index is 12.5. The van der Waals surface area contributed by atoms with Crippen molar-refractivity contribution in [3.8, 4) is 11.5 Å². The number of aryl methyl sites for hydroxylation is 1. The molecule has 3 rings (SSSR count). The molecule has 0 radical (unpaired) electrons. The Morgan fingerprint density at radius 2 is 1.92 bits per heavy atom. The number of thiophene rings is 1. The number of likely N-dealkylation sites (N-methyl/N-ethyl adjacent to an activating group) is 1. The summed E-state index contributed by atoms with van der Waals surface area (Å²) in [7, 11) is -1.96. The Hall–Kier alpha value is -1.55. The minimum Gasteiger partial charge on any atom is -0.334 e. The molecule has 0 aliphatic carbocycles. The fourth-order valence-electron chi connectivity index (χ4n) is 2.14. The molecule has 0 atom stereocenters. The molecule has 0 N–H and O–H groups in total. The van der Waals surface area contributed by atoms with Crippen LogP contribution in [0.2, 0.25) is 0 Å². The summed E-state index contributed by atoms with van der Waals surface area (Å²) in [5, 5.41) is 3.93. The highest BCUT2D eigenvalue weighted by Gasteiger charge is 2.23. The standard InChI is InChI=1S/C16H16BrN3O3S2/c1-11-3-5-12(6-4-11)16-18-14(19-23-16)9-10-20(2)25(21,22)15-8-7-13(17)24-15/h3-8H,9-10H2,1-2H3. The third-order valence-electron chi connectivity index (χ3n) is 3.63. The highest BCUT2D eigenvalue weighted by molar-refractivity contribution is 9.11. The third-order valence-corrected chi connectivity index (χ3v) is 7.58. The molecule has 0 aliphatic rings. The number of hydrogen-bond donors (Lipinski definition) is 0. The van der Waals surface area contributed by atoms with Gasteiger partial charge in [-0.15, -0.1) is 11.3 Å². The predicted molar refractivity (Wildman–Crippen MR) is 100 cm³/mol. The van der Waals surface area contributed by atoms with Gasteiger partial charge in [0.1, 0.15) is 4.21 Å². The highest BCUT2D eigenvalue weighted by Crippen LogP contribution is 2.28. The van der Waals surface area contributed by atoms with Crippen molar-refractivity contribution in [3.05, 3.63) is 51.6 Å². The van der Waals surface area contributed by atoms with Gasteiger partial charge in [0.15, 0.2) is 5.82 Å². The van der Waals surface area contributed by atoms with Gasteiger partial charge in [0.25, 0.3) is 15.9 Å². The van der Waals surface area contributed by atoms with Crippen molar-refractivity contribution >= 4 is 37.3 Å². The van der Waals surface area contributed by atoms with Gasteiger partial charge in [-0.05, 0) is 47.1 Å². The van der Waals surface area contributed by atoms with Crippen molar-refractivity contribution < 1.29 is 12.9 Å². The molecular weight excluding hydrogens is 426 g/mol. The van der Waals surface area contributed by atoms with E-state index in [1.165, 1.54) is 15.6 Å². The molecule has 9 heteroatoms. The number of hydrogen-bond acceptors (Lipinski definition) is 6. The van der Waals surface area contributed by atoms with Crippen molar-refractivity contribution in [3.63, 3.8) is 0 Å². The summed E-state index contributed by atoms with van der Waals surface area (Å²) < 4.78 is 32.6. The summed E-state index contributed by atoms with van der Waals surface area (Å²) >= 11 is 4.47. The molecule has 2 aromatic heterocycles. The van der Waals surface area contributed by atoms with Crippen LogP contribution in [0, 0.1) is 6.92 Å². The Balaban J connectivity index is 1.66. The Bertz CT molecular complexity index is 965. The first-order valence-electron chi connectivity index (χ1n) is 7.47. The number of sulfonamides is 1. The second-order valence-corrected chi connectivity index (χ2v) is 10.3. The zero-order valence-corrected chi connectivity index (χ0v) is 16.9. The molecule has 0 unspecified atom stereocenters. The Morgan fingerprint density at radius 1 is 1.20 bits per heavy atom. The number of aromatic nitrogens is 2. The van der Waals surface area contributed by atoms with E-state index >= 15 is 0 Å². The average Bonchev–Trinajstić information content (AvgIpc) is 3.22. The van der Waals surface area contributed by atoms with E-state index in [0.29, 0.717) is 22.3 Å². The number of nitrogens with zero attached hydrogens (tertiary/aromatic N) is 3. The smallest absolute Gasteiger partial charge is 0.257 e. The molecule has 2 heterocycles. The summed E-state index contributed by atoms with van der Waals surface area (Å²) in [5.41, 5.74) is 1.99. The summed E-state index contributed by atoms with van der Waals surface area (Å²) in [6.45, 7) is 2.27. The van der Waals surface area contributed by atoms with Gasteiger partial charge in [0.05, 0.1) is 3.79 Å². The SMILES string of the molecule is Cc1ccc(-c2nc(CCN(C)S(=O)(=O)c3ccc(Br)s3)no2)cc1. The largest absolute Gasteiger partial charge is 0.334 e. The summed E-state index contributed by atoms with van der Waals surface area (Å²) in [6.07, 6.45) is 0.373. The fourth-order valence-corrected chi connectivity index (χ4v) is 5.53. The molecular formula is C16H16BrN3O3S2. The van der Waals surface area contributed by atoms with Gasteiger partial charge < -0.3 is 4.52 Å². The van der Waals surface area contributed by atoms with Crippen LogP contribution in [0.4, 0.5) is 0 Å². The maximum atomic E-state index is 12.5. The van der Waals surface area contributed by atoms with Gasteiger partial charge in [0.2, 0.25) is 0 Å². The highest BCUT2D eigenvalue weighted by atomic mass is 79.9. The Kier molecular flexibility index (Phi) is 5.38. The molecule has 0 saturated heterocycles. The normalized spacial score (nSPS) is 12.0. The van der Waals surface area contributed by atoms with E-state index in [9.17, 15) is 8.42 Å². The first kappa shape index (κ1) is 18.2. The molecule has 0 amide bonds. The second kappa shape index (κ2) is 7.36. The lowest BCUT2D eigenvalue weighted by atomic mass is 10.1. The van der Waals surface area contributed by atoms with E-state index in [0.717, 1.165) is 14.9 Å². The van der Waals surface area contributed by atoms with Crippen molar-refractivity contribution in [2.24, 2.45) is 0 Å². The van der Waals surface area contributed by atoms with Crippen LogP contribution in [0.3, 0.4) is 0 Å². The number of rotatable bonds is 6. The van der Waals surface area contributed by atoms with E-state index in [4.69, 9.17) is 4.52 Å². The van der Waals surface area contributed by atoms with E-state index in [1.807, 2.05) is 31.2 Å². The molecule has 3 aromatic rings. The Labute approximate surface area is 158 Å². The van der Waals surface area contributed by atoms with Crippen molar-refractivity contribution in [1.29, 1.82) is 0 Å². The fraction of sp³-hybridized carbons (Fsp3) is 0.250. The minimum atomic E-state index is -3.50. The quantitative estimate of drug-likeness (QED) is 0.582. The molecule has 25 heavy (non-hydrogen) atoms. The van der Waals surface area contributed by atoms with E-state index in [-0.39, 0.29) is 6.54 Å². The lowest BCUT2D eigenvalue weighted by Crippen LogP contribution is -2.28. The minimum absolute atomic E-state index is 0.269. The maximum Gasteiger partial charge on any atom is 0.257 e. The second-order valence-electron chi connectivity index (χ2n) is 5.52. The van der Waals surface area contributed by atoms with E-state index in [1.54, 1.807) is 19.2 Å². The lowest BCUT2D eigenvalue weighted by Gasteiger charge is -2.14. The third kappa shape index (κ3) is 4.17. The van der Waals surface area contributed by atoms with Crippen molar-refractivity contribution in [1.82, 2.24) is 14.4 Å². The van der Waals surface area contributed by atoms with Gasteiger partial charge in [-0.25, -0.2) is 8.42 Å². The zero-order valence-electron chi connectivity index (χ0n) is 13.6. The molecule has 0 bridgehead atoms. The molecule has 132 valence electrons. The molecule has 1 aromatic carbocycles. The first-order valence-corrected chi connectivity index (χ1v) is 10.5. The summed E-state index contributed by atoms with van der Waals surface area (Å²) in [5.74, 6) is 0.910. The van der Waals surface area contributed by atoms with Crippen LogP contribution >= 0.6 is 27.3 Å². The molecule has 0 spiro atoms. The average molecular weight is 442 g/mol. The van der Waals surface area contributed by atoms with Gasteiger partial charge in [-0.2, -0.15) is 9.29 Å². The topological polar surface area (TPSA) is 76.3 Å². The van der Waals surface area contributed by atoms with Gasteiger partial charge in [-0.3, -0.25) is 0 Å². The first-order chi connectivity index (χ1) is 11.9. The van der Waals surface area contributed by atoms with Crippen LogP contribution in [0.1, 0.15) is 11.4 Å². The number of halogens is 1. The lowest BCUT2D eigenvalue weighted by molar-refractivity contribution is 0.415. The van der Waals surface area contributed by atoms with E-state index in [2.05, 4.69) is 26.1 Å². The zero-order chi connectivity index (χ0) is 18.0.